The number of hydrogen-bond acceptors (Lipinski definition) is 0. The first kappa shape index (κ1) is 8.85. The van der Waals surface area contributed by atoms with E-state index in [9.17, 15) is 4.39 Å². The molecule has 0 bridgehead atoms. The molecule has 1 unspecified atom stereocenters. The maximum atomic E-state index is 12.0. The lowest BCUT2D eigenvalue weighted by Crippen LogP contribution is -2.09. The third-order valence-corrected chi connectivity index (χ3v) is 3.98. The van der Waals surface area contributed by atoms with Crippen molar-refractivity contribution < 1.29 is 4.39 Å². The largest absolute Gasteiger partial charge is 0.231 e. The van der Waals surface area contributed by atoms with Crippen molar-refractivity contribution in [2.75, 3.05) is 0 Å². The summed E-state index contributed by atoms with van der Waals surface area (Å²) in [5, 5.41) is -1.14. The molecule has 0 amide bonds. The zero-order chi connectivity index (χ0) is 6.08. The van der Waals surface area contributed by atoms with Gasteiger partial charge in [0, 0.05) is 0 Å². The van der Waals surface area contributed by atoms with E-state index in [0.717, 1.165) is 0 Å². The van der Waals surface area contributed by atoms with Crippen molar-refractivity contribution in [2.45, 2.75) is 7.22 Å². The van der Waals surface area contributed by atoms with E-state index < -0.39 is 7.22 Å². The molecule has 0 aliphatic rings. The van der Waals surface area contributed by atoms with Crippen LogP contribution in [0.2, 0.25) is 0 Å². The van der Waals surface area contributed by atoms with Crippen molar-refractivity contribution in [1.82, 2.24) is 0 Å². The standard InChI is InChI=1S/C2HBr4F/c3-1(7)2(4,5)6/h1H. The molecule has 0 aliphatic carbocycles. The molecule has 0 aromatic carbocycles. The van der Waals surface area contributed by atoms with Crippen molar-refractivity contribution in [1.29, 1.82) is 0 Å². The highest BCUT2D eigenvalue weighted by Gasteiger charge is 2.27. The lowest BCUT2D eigenvalue weighted by Gasteiger charge is -2.09. The summed E-state index contributed by atoms with van der Waals surface area (Å²) >= 11 is 11.6. The Hall–Kier alpha value is 1.85. The molecule has 0 nitrogen and oxygen atoms in total. The predicted octanol–water partition coefficient (Wildman–Crippen LogP) is 3.52. The van der Waals surface area contributed by atoms with Crippen LogP contribution >= 0.6 is 63.7 Å². The Kier molecular flexibility index (Phi) is 3.96. The summed E-state index contributed by atoms with van der Waals surface area (Å²) in [5.74, 6) is 0. The van der Waals surface area contributed by atoms with Crippen molar-refractivity contribution in [3.05, 3.63) is 0 Å². The minimum Gasteiger partial charge on any atom is -0.231 e. The number of hydrogen-bond donors (Lipinski definition) is 0. The molecule has 0 fully saturated rings. The van der Waals surface area contributed by atoms with Gasteiger partial charge in [-0.05, 0) is 15.9 Å². The van der Waals surface area contributed by atoms with Gasteiger partial charge in [-0.1, -0.05) is 47.8 Å². The Bertz CT molecular complexity index is 55.2. The molecule has 5 heteroatoms. The lowest BCUT2D eigenvalue weighted by molar-refractivity contribution is 0.484. The van der Waals surface area contributed by atoms with Crippen LogP contribution in [0, 0.1) is 0 Å². The molecular formula is C2HBr4F. The van der Waals surface area contributed by atoms with Crippen molar-refractivity contribution in [3.8, 4) is 0 Å². The molecule has 0 aliphatic heterocycles. The van der Waals surface area contributed by atoms with Crippen LogP contribution in [-0.4, -0.2) is 7.22 Å². The van der Waals surface area contributed by atoms with E-state index in [0.29, 0.717) is 0 Å². The van der Waals surface area contributed by atoms with Crippen LogP contribution < -0.4 is 0 Å². The average Bonchev–Trinajstić information content (AvgIpc) is 1.31. The molecule has 0 heterocycles. The Labute approximate surface area is 74.7 Å². The first-order valence-electron chi connectivity index (χ1n) is 1.29. The third kappa shape index (κ3) is 4.36. The van der Waals surface area contributed by atoms with Gasteiger partial charge >= 0.3 is 0 Å². The molecule has 7 heavy (non-hydrogen) atoms. The minimum absolute atomic E-state index is 0.812. The van der Waals surface area contributed by atoms with Crippen LogP contribution in [0.3, 0.4) is 0 Å². The SMILES string of the molecule is FC(Br)C(Br)(Br)Br. The average molecular weight is 364 g/mol. The normalized spacial score (nSPS) is 16.7. The Balaban J connectivity index is 3.54. The number of alkyl halides is 5. The van der Waals surface area contributed by atoms with Crippen molar-refractivity contribution in [3.63, 3.8) is 0 Å². The molecule has 0 rings (SSSR count). The Morgan fingerprint density at radius 1 is 1.29 bits per heavy atom. The van der Waals surface area contributed by atoms with Crippen LogP contribution in [0.15, 0.2) is 0 Å². The van der Waals surface area contributed by atoms with Crippen LogP contribution in [0.5, 0.6) is 0 Å². The van der Waals surface area contributed by atoms with E-state index in [4.69, 9.17) is 0 Å². The van der Waals surface area contributed by atoms with E-state index in [-0.39, 0.29) is 0 Å². The molecule has 0 aromatic rings. The zero-order valence-corrected chi connectivity index (χ0v) is 9.31. The van der Waals surface area contributed by atoms with Gasteiger partial charge in [0.1, 0.15) is 0 Å². The second-order valence-electron chi connectivity index (χ2n) is 0.842. The van der Waals surface area contributed by atoms with Crippen molar-refractivity contribution >= 4 is 63.7 Å². The van der Waals surface area contributed by atoms with Gasteiger partial charge in [-0.2, -0.15) is 0 Å². The fourth-order valence-corrected chi connectivity index (χ4v) is 0. The lowest BCUT2D eigenvalue weighted by atomic mass is 10.9. The van der Waals surface area contributed by atoms with Gasteiger partial charge in [0.25, 0.3) is 0 Å². The fourth-order valence-electron chi connectivity index (χ4n) is 0. The molecule has 0 N–H and O–H groups in total. The number of rotatable bonds is 0. The Morgan fingerprint density at radius 2 is 1.43 bits per heavy atom. The molecule has 1 atom stereocenters. The molecule has 0 spiro atoms. The summed E-state index contributed by atoms with van der Waals surface area (Å²) < 4.78 is 11.2. The predicted molar refractivity (Wildman–Crippen MR) is 43.3 cm³/mol. The summed E-state index contributed by atoms with van der Waals surface area (Å²) in [6, 6.07) is 0. The summed E-state index contributed by atoms with van der Waals surface area (Å²) in [7, 11) is 0. The summed E-state index contributed by atoms with van der Waals surface area (Å²) in [4.78, 5) is 0. The number of halogens is 5. The van der Waals surface area contributed by atoms with Gasteiger partial charge in [-0.15, -0.1) is 0 Å². The first-order chi connectivity index (χ1) is 2.94. The fraction of sp³-hybridized carbons (Fsp3) is 1.00. The molecule has 44 valence electrons. The molecule has 0 saturated carbocycles. The third-order valence-electron chi connectivity index (χ3n) is 0.247. The highest BCUT2D eigenvalue weighted by atomic mass is 80.0. The van der Waals surface area contributed by atoms with Gasteiger partial charge < -0.3 is 0 Å². The van der Waals surface area contributed by atoms with E-state index in [1.165, 1.54) is 0 Å². The minimum atomic E-state index is -1.14. The molecule has 0 aromatic heterocycles. The van der Waals surface area contributed by atoms with E-state index in [1.54, 1.807) is 0 Å². The van der Waals surface area contributed by atoms with Gasteiger partial charge in [-0.25, -0.2) is 4.39 Å². The molecular weight excluding hydrogens is 363 g/mol. The smallest absolute Gasteiger partial charge is 0.189 e. The highest BCUT2D eigenvalue weighted by molar-refractivity contribution is 9.40. The van der Waals surface area contributed by atoms with Crippen molar-refractivity contribution in [2.24, 2.45) is 0 Å². The van der Waals surface area contributed by atoms with Crippen LogP contribution in [0.1, 0.15) is 0 Å². The van der Waals surface area contributed by atoms with Crippen LogP contribution in [0.25, 0.3) is 0 Å². The van der Waals surface area contributed by atoms with E-state index >= 15 is 0 Å². The summed E-state index contributed by atoms with van der Waals surface area (Å²) in [6.45, 7) is 0. The summed E-state index contributed by atoms with van der Waals surface area (Å²) in [5.41, 5.74) is 0. The van der Waals surface area contributed by atoms with Gasteiger partial charge in [0.2, 0.25) is 0 Å². The second kappa shape index (κ2) is 3.13. The van der Waals surface area contributed by atoms with E-state index in [2.05, 4.69) is 63.7 Å². The topological polar surface area (TPSA) is 0 Å². The van der Waals surface area contributed by atoms with Crippen LogP contribution in [0.4, 0.5) is 4.39 Å². The van der Waals surface area contributed by atoms with Gasteiger partial charge in [0.05, 0.1) is 0 Å². The zero-order valence-electron chi connectivity index (χ0n) is 2.97. The molecule has 0 radical (unpaired) electrons. The highest BCUT2D eigenvalue weighted by Crippen LogP contribution is 2.41. The monoisotopic (exact) mass is 360 g/mol. The van der Waals surface area contributed by atoms with Crippen LogP contribution in [-0.2, 0) is 0 Å². The quantitative estimate of drug-likeness (QED) is 0.578. The molecule has 0 saturated heterocycles. The maximum absolute atomic E-state index is 12.0. The van der Waals surface area contributed by atoms with Gasteiger partial charge in [0.15, 0.2) is 7.22 Å². The second-order valence-corrected chi connectivity index (χ2v) is 8.59. The summed E-state index contributed by atoms with van der Waals surface area (Å²) in [6.07, 6.45) is 0. The maximum Gasteiger partial charge on any atom is 0.189 e. The first-order valence-corrected chi connectivity index (χ1v) is 4.59. The van der Waals surface area contributed by atoms with E-state index in [1.807, 2.05) is 0 Å². The van der Waals surface area contributed by atoms with Gasteiger partial charge in [-0.3, -0.25) is 0 Å². The Morgan fingerprint density at radius 3 is 1.43 bits per heavy atom.